The molecule has 2 rings (SSSR count). The molecule has 4 nitrogen and oxygen atoms in total. The van der Waals surface area contributed by atoms with E-state index in [9.17, 15) is 8.42 Å². The van der Waals surface area contributed by atoms with Gasteiger partial charge in [-0.15, -0.1) is 0 Å². The van der Waals surface area contributed by atoms with Crippen LogP contribution in [0.1, 0.15) is 6.42 Å². The molecule has 0 aliphatic carbocycles. The molecular formula is C13H18BrClN2O2S. The summed E-state index contributed by atoms with van der Waals surface area (Å²) in [6, 6.07) is 6.62. The predicted molar refractivity (Wildman–Crippen MR) is 85.1 cm³/mol. The van der Waals surface area contributed by atoms with Gasteiger partial charge in [0, 0.05) is 31.5 Å². The molecule has 0 bridgehead atoms. The van der Waals surface area contributed by atoms with Crippen molar-refractivity contribution in [3.63, 3.8) is 0 Å². The van der Waals surface area contributed by atoms with Crippen molar-refractivity contribution < 1.29 is 8.42 Å². The van der Waals surface area contributed by atoms with E-state index in [4.69, 9.17) is 11.6 Å². The van der Waals surface area contributed by atoms with E-state index in [-0.39, 0.29) is 9.92 Å². The lowest BCUT2D eigenvalue weighted by molar-refractivity contribution is 0.305. The molecule has 112 valence electrons. The molecule has 1 fully saturated rings. The number of alkyl halides is 1. The Bertz CT molecular complexity index is 553. The smallest absolute Gasteiger partial charge is 0.244 e. The predicted octanol–water partition coefficient (Wildman–Crippen LogP) is 2.43. The zero-order valence-electron chi connectivity index (χ0n) is 11.1. The third-order valence-corrected chi connectivity index (χ3v) is 6.16. The van der Waals surface area contributed by atoms with Crippen molar-refractivity contribution in [3.8, 4) is 0 Å². The van der Waals surface area contributed by atoms with Crippen molar-refractivity contribution in [3.05, 3.63) is 29.3 Å². The monoisotopic (exact) mass is 380 g/mol. The molecule has 0 atom stereocenters. The van der Waals surface area contributed by atoms with Crippen molar-refractivity contribution in [1.29, 1.82) is 0 Å². The third-order valence-electron chi connectivity index (χ3n) is 3.40. The fraction of sp³-hybridized carbons (Fsp3) is 0.538. The number of hydrogen-bond acceptors (Lipinski definition) is 3. The molecule has 1 heterocycles. The lowest BCUT2D eigenvalue weighted by Crippen LogP contribution is -2.35. The van der Waals surface area contributed by atoms with Crippen LogP contribution >= 0.6 is 27.5 Å². The van der Waals surface area contributed by atoms with Crippen molar-refractivity contribution in [1.82, 2.24) is 9.21 Å². The summed E-state index contributed by atoms with van der Waals surface area (Å²) in [6.45, 7) is 3.70. The number of halogens is 2. The summed E-state index contributed by atoms with van der Waals surface area (Å²) in [5, 5.41) is 1.19. The van der Waals surface area contributed by atoms with Gasteiger partial charge >= 0.3 is 0 Å². The topological polar surface area (TPSA) is 40.6 Å². The zero-order chi connectivity index (χ0) is 14.6. The van der Waals surface area contributed by atoms with Crippen LogP contribution in [-0.2, 0) is 10.0 Å². The molecule has 0 saturated carbocycles. The SMILES string of the molecule is O=S(=O)(c1ccccc1Cl)N1CCCN(CCBr)CC1. The van der Waals surface area contributed by atoms with Gasteiger partial charge in [-0.3, -0.25) is 0 Å². The summed E-state index contributed by atoms with van der Waals surface area (Å²) < 4.78 is 26.8. The fourth-order valence-corrected chi connectivity index (χ4v) is 4.79. The molecule has 1 saturated heterocycles. The molecule has 1 aromatic carbocycles. The van der Waals surface area contributed by atoms with Crippen LogP contribution in [0.4, 0.5) is 0 Å². The summed E-state index contributed by atoms with van der Waals surface area (Å²) in [4.78, 5) is 2.48. The Labute approximate surface area is 133 Å². The highest BCUT2D eigenvalue weighted by molar-refractivity contribution is 9.09. The van der Waals surface area contributed by atoms with Crippen LogP contribution in [0.5, 0.6) is 0 Å². The van der Waals surface area contributed by atoms with Gasteiger partial charge in [0.25, 0.3) is 0 Å². The molecule has 0 unspecified atom stereocenters. The number of benzene rings is 1. The highest BCUT2D eigenvalue weighted by Crippen LogP contribution is 2.24. The average Bonchev–Trinajstić information content (AvgIpc) is 2.65. The van der Waals surface area contributed by atoms with E-state index in [0.717, 1.165) is 31.4 Å². The summed E-state index contributed by atoms with van der Waals surface area (Å²) in [5.41, 5.74) is 0. The Kier molecular flexibility index (Phi) is 5.86. The largest absolute Gasteiger partial charge is 0.301 e. The maximum absolute atomic E-state index is 12.6. The van der Waals surface area contributed by atoms with Gasteiger partial charge in [0.2, 0.25) is 10.0 Å². The van der Waals surface area contributed by atoms with Gasteiger partial charge in [0.1, 0.15) is 4.90 Å². The van der Waals surface area contributed by atoms with Crippen molar-refractivity contribution in [2.45, 2.75) is 11.3 Å². The minimum absolute atomic E-state index is 0.204. The standard InChI is InChI=1S/C13H18BrClN2O2S/c14-6-9-16-7-3-8-17(11-10-16)20(18,19)13-5-2-1-4-12(13)15/h1-2,4-5H,3,6-11H2. The van der Waals surface area contributed by atoms with Crippen LogP contribution in [0.2, 0.25) is 5.02 Å². The molecule has 1 aliphatic rings. The highest BCUT2D eigenvalue weighted by atomic mass is 79.9. The van der Waals surface area contributed by atoms with Gasteiger partial charge in [0.05, 0.1) is 5.02 Å². The molecule has 0 spiro atoms. The van der Waals surface area contributed by atoms with Crippen molar-refractivity contribution in [2.24, 2.45) is 0 Å². The second-order valence-corrected chi connectivity index (χ2v) is 7.83. The second kappa shape index (κ2) is 7.22. The van der Waals surface area contributed by atoms with Crippen LogP contribution < -0.4 is 0 Å². The van der Waals surface area contributed by atoms with E-state index in [1.165, 1.54) is 0 Å². The first-order valence-electron chi connectivity index (χ1n) is 6.58. The first-order valence-corrected chi connectivity index (χ1v) is 9.52. The van der Waals surface area contributed by atoms with Gasteiger partial charge in [-0.25, -0.2) is 8.42 Å². The van der Waals surface area contributed by atoms with E-state index >= 15 is 0 Å². The summed E-state index contributed by atoms with van der Waals surface area (Å²) >= 11 is 9.45. The molecular weight excluding hydrogens is 364 g/mol. The molecule has 1 aliphatic heterocycles. The quantitative estimate of drug-likeness (QED) is 0.752. The van der Waals surface area contributed by atoms with Crippen molar-refractivity contribution >= 4 is 37.6 Å². The zero-order valence-corrected chi connectivity index (χ0v) is 14.3. The first-order chi connectivity index (χ1) is 9.55. The number of sulfonamides is 1. The lowest BCUT2D eigenvalue weighted by Gasteiger charge is -2.21. The van der Waals surface area contributed by atoms with E-state index in [1.54, 1.807) is 28.6 Å². The average molecular weight is 382 g/mol. The van der Waals surface area contributed by atoms with Crippen LogP contribution in [0.25, 0.3) is 0 Å². The summed E-state index contributed by atoms with van der Waals surface area (Å²) in [6.07, 6.45) is 0.844. The van der Waals surface area contributed by atoms with Gasteiger partial charge in [-0.05, 0) is 25.1 Å². The highest BCUT2D eigenvalue weighted by Gasteiger charge is 2.28. The number of rotatable bonds is 4. The maximum atomic E-state index is 12.6. The Morgan fingerprint density at radius 1 is 1.15 bits per heavy atom. The van der Waals surface area contributed by atoms with Crippen molar-refractivity contribution in [2.75, 3.05) is 38.1 Å². The third kappa shape index (κ3) is 3.74. The lowest BCUT2D eigenvalue weighted by atomic mass is 10.4. The van der Waals surface area contributed by atoms with E-state index in [1.807, 2.05) is 0 Å². The Morgan fingerprint density at radius 3 is 2.60 bits per heavy atom. The molecule has 0 aromatic heterocycles. The molecule has 7 heteroatoms. The molecule has 1 aromatic rings. The summed E-state index contributed by atoms with van der Waals surface area (Å²) in [5.74, 6) is 0. The van der Waals surface area contributed by atoms with Crippen LogP contribution in [0.15, 0.2) is 29.2 Å². The number of hydrogen-bond donors (Lipinski definition) is 0. The van der Waals surface area contributed by atoms with Gasteiger partial charge < -0.3 is 4.90 Å². The Morgan fingerprint density at radius 2 is 1.90 bits per heavy atom. The molecule has 0 amide bonds. The normalized spacial score (nSPS) is 18.9. The minimum Gasteiger partial charge on any atom is -0.301 e. The van der Waals surface area contributed by atoms with Gasteiger partial charge in [-0.2, -0.15) is 4.31 Å². The molecule has 20 heavy (non-hydrogen) atoms. The van der Waals surface area contributed by atoms with Crippen LogP contribution in [0.3, 0.4) is 0 Å². The minimum atomic E-state index is -3.49. The number of nitrogens with zero attached hydrogens (tertiary/aromatic N) is 2. The second-order valence-electron chi connectivity index (χ2n) is 4.72. The maximum Gasteiger partial charge on any atom is 0.244 e. The van der Waals surface area contributed by atoms with Crippen LogP contribution in [-0.4, -0.2) is 55.7 Å². The van der Waals surface area contributed by atoms with Gasteiger partial charge in [0.15, 0.2) is 0 Å². The first kappa shape index (κ1) is 16.2. The summed E-state index contributed by atoms with van der Waals surface area (Å²) in [7, 11) is -3.49. The van der Waals surface area contributed by atoms with E-state index in [2.05, 4.69) is 20.8 Å². The van der Waals surface area contributed by atoms with Gasteiger partial charge in [-0.1, -0.05) is 39.7 Å². The fourth-order valence-electron chi connectivity index (χ4n) is 2.32. The van der Waals surface area contributed by atoms with Crippen LogP contribution in [0, 0.1) is 0 Å². The van der Waals surface area contributed by atoms with E-state index in [0.29, 0.717) is 13.1 Å². The Balaban J connectivity index is 2.16. The molecule has 0 N–H and O–H groups in total. The molecule has 0 radical (unpaired) electrons. The Hall–Kier alpha value is -0.140. The van der Waals surface area contributed by atoms with E-state index < -0.39 is 10.0 Å².